The third kappa shape index (κ3) is 7.65. The van der Waals surface area contributed by atoms with Crippen LogP contribution in [0.3, 0.4) is 0 Å². The van der Waals surface area contributed by atoms with Crippen molar-refractivity contribution in [2.45, 2.75) is 70.1 Å². The van der Waals surface area contributed by atoms with Crippen LogP contribution >= 0.6 is 0 Å². The Morgan fingerprint density at radius 1 is 0.863 bits per heavy atom. The van der Waals surface area contributed by atoms with Crippen molar-refractivity contribution in [3.63, 3.8) is 0 Å². The SMILES string of the molecule is CCCc1cc(C(O)(C(F)(F)F)C(F)(F)F)ccc1Oc1ccc(CCN2C(=O)NC(C)(c3ccc(OCc4ccc(C)cc4)cc3)C2=O)nc1. The van der Waals surface area contributed by atoms with Gasteiger partial charge in [-0.1, -0.05) is 61.4 Å². The number of nitrogens with zero attached hydrogens (tertiary/aromatic N) is 2. The first-order valence-electron chi connectivity index (χ1n) is 16.0. The van der Waals surface area contributed by atoms with Crippen LogP contribution in [0.25, 0.3) is 0 Å². The van der Waals surface area contributed by atoms with Crippen LogP contribution in [0.2, 0.25) is 0 Å². The minimum atomic E-state index is -6.01. The van der Waals surface area contributed by atoms with E-state index in [1.807, 2.05) is 31.2 Å². The highest BCUT2D eigenvalue weighted by molar-refractivity contribution is 6.07. The maximum absolute atomic E-state index is 13.5. The second-order valence-corrected chi connectivity index (χ2v) is 12.4. The number of hydrogen-bond acceptors (Lipinski definition) is 6. The van der Waals surface area contributed by atoms with Gasteiger partial charge in [0.2, 0.25) is 0 Å². The second-order valence-electron chi connectivity index (χ2n) is 12.4. The molecule has 3 amide bonds. The van der Waals surface area contributed by atoms with Gasteiger partial charge in [0, 0.05) is 24.2 Å². The zero-order valence-electron chi connectivity index (χ0n) is 27.9. The number of nitrogens with one attached hydrogen (secondary N) is 1. The molecule has 0 aliphatic carbocycles. The Morgan fingerprint density at radius 2 is 1.51 bits per heavy atom. The lowest BCUT2D eigenvalue weighted by atomic mass is 9.90. The molecule has 1 unspecified atom stereocenters. The molecule has 0 saturated carbocycles. The molecule has 3 aromatic carbocycles. The normalized spacial score (nSPS) is 16.7. The number of alkyl halides is 6. The molecule has 4 aromatic rings. The molecule has 0 radical (unpaired) electrons. The molecule has 1 aliphatic heterocycles. The Labute approximate surface area is 290 Å². The predicted octanol–water partition coefficient (Wildman–Crippen LogP) is 8.04. The van der Waals surface area contributed by atoms with Crippen LogP contribution in [0.15, 0.2) is 85.1 Å². The van der Waals surface area contributed by atoms with Gasteiger partial charge in [0.15, 0.2) is 0 Å². The van der Waals surface area contributed by atoms with Crippen molar-refractivity contribution in [3.05, 3.63) is 119 Å². The molecular weight excluding hydrogens is 680 g/mol. The van der Waals surface area contributed by atoms with E-state index < -0.39 is 41.0 Å². The van der Waals surface area contributed by atoms with Gasteiger partial charge in [0.25, 0.3) is 11.5 Å². The van der Waals surface area contributed by atoms with Gasteiger partial charge in [-0.2, -0.15) is 26.3 Å². The lowest BCUT2D eigenvalue weighted by molar-refractivity contribution is -0.376. The van der Waals surface area contributed by atoms with Crippen LogP contribution in [0.1, 0.15) is 53.8 Å². The lowest BCUT2D eigenvalue weighted by Gasteiger charge is -2.33. The van der Waals surface area contributed by atoms with Gasteiger partial charge in [0.05, 0.1) is 6.20 Å². The van der Waals surface area contributed by atoms with Gasteiger partial charge in [-0.3, -0.25) is 14.7 Å². The molecule has 1 aromatic heterocycles. The highest BCUT2D eigenvalue weighted by Crippen LogP contribution is 2.50. The standard InChI is InChI=1S/C37H35F6N3O5/c1-4-5-25-20-27(35(49,36(38,39)40)37(41,42)43)12-17-31(25)51-30-16-13-28(44-21-30)18-19-46-32(47)34(3,45-33(46)48)26-10-14-29(15-11-26)50-22-24-8-6-23(2)7-9-24/h6-17,20-21,49H,4-5,18-19,22H2,1-3H3,(H,45,48). The number of rotatable bonds is 12. The third-order valence-electron chi connectivity index (χ3n) is 8.67. The third-order valence-corrected chi connectivity index (χ3v) is 8.67. The number of urea groups is 1. The summed E-state index contributed by atoms with van der Waals surface area (Å²) in [4.78, 5) is 31.7. The molecule has 5 rings (SSSR count). The first kappa shape index (κ1) is 37.2. The zero-order valence-corrected chi connectivity index (χ0v) is 27.9. The van der Waals surface area contributed by atoms with Crippen LogP contribution in [0, 0.1) is 6.92 Å². The maximum atomic E-state index is 13.5. The van der Waals surface area contributed by atoms with Crippen LogP contribution in [0.5, 0.6) is 17.2 Å². The highest BCUT2D eigenvalue weighted by atomic mass is 19.4. The van der Waals surface area contributed by atoms with Crippen LogP contribution < -0.4 is 14.8 Å². The molecule has 2 heterocycles. The number of aliphatic hydroxyl groups is 1. The van der Waals surface area contributed by atoms with Crippen LogP contribution in [-0.2, 0) is 35.4 Å². The number of pyridine rings is 1. The Morgan fingerprint density at radius 3 is 2.10 bits per heavy atom. The Kier molecular flexibility index (Phi) is 10.4. The molecule has 1 atom stereocenters. The Balaban J connectivity index is 1.22. The minimum Gasteiger partial charge on any atom is -0.489 e. The van der Waals surface area contributed by atoms with Crippen molar-refractivity contribution >= 4 is 11.9 Å². The fraction of sp³-hybridized carbons (Fsp3) is 0.324. The number of carbonyl (C=O) groups is 2. The topological polar surface area (TPSA) is 101 Å². The number of amides is 3. The summed E-state index contributed by atoms with van der Waals surface area (Å²) >= 11 is 0. The summed E-state index contributed by atoms with van der Waals surface area (Å²) in [6, 6.07) is 19.4. The molecule has 270 valence electrons. The van der Waals surface area contributed by atoms with E-state index in [0.717, 1.165) is 22.1 Å². The number of imide groups is 1. The summed E-state index contributed by atoms with van der Waals surface area (Å²) in [5, 5.41) is 12.6. The summed E-state index contributed by atoms with van der Waals surface area (Å²) in [5.74, 6) is 0.283. The summed E-state index contributed by atoms with van der Waals surface area (Å²) < 4.78 is 92.3. The fourth-order valence-corrected chi connectivity index (χ4v) is 5.66. The maximum Gasteiger partial charge on any atom is 0.430 e. The van der Waals surface area contributed by atoms with Gasteiger partial charge in [-0.05, 0) is 73.4 Å². The summed E-state index contributed by atoms with van der Waals surface area (Å²) in [6.45, 7) is 5.68. The lowest BCUT2D eigenvalue weighted by Crippen LogP contribution is -2.53. The highest BCUT2D eigenvalue weighted by Gasteiger charge is 2.71. The van der Waals surface area contributed by atoms with E-state index in [4.69, 9.17) is 9.47 Å². The summed E-state index contributed by atoms with van der Waals surface area (Å²) in [6.07, 6.45) is -10.1. The van der Waals surface area contributed by atoms with Gasteiger partial charge in [-0.15, -0.1) is 0 Å². The van der Waals surface area contributed by atoms with E-state index in [1.54, 1.807) is 44.2 Å². The van der Waals surface area contributed by atoms with Crippen molar-refractivity contribution in [3.8, 4) is 17.2 Å². The molecule has 14 heteroatoms. The Hall–Kier alpha value is -5.11. The van der Waals surface area contributed by atoms with Gasteiger partial charge >= 0.3 is 18.4 Å². The number of aryl methyl sites for hydroxylation is 2. The number of halogens is 6. The molecule has 1 saturated heterocycles. The van der Waals surface area contributed by atoms with E-state index in [0.29, 0.717) is 42.2 Å². The number of carbonyl (C=O) groups excluding carboxylic acids is 2. The van der Waals surface area contributed by atoms with Crippen molar-refractivity contribution in [2.24, 2.45) is 0 Å². The monoisotopic (exact) mass is 715 g/mol. The zero-order chi connectivity index (χ0) is 37.2. The first-order chi connectivity index (χ1) is 24.0. The number of benzene rings is 3. The van der Waals surface area contributed by atoms with E-state index >= 15 is 0 Å². The average molecular weight is 716 g/mol. The van der Waals surface area contributed by atoms with E-state index in [-0.39, 0.29) is 36.4 Å². The molecule has 0 spiro atoms. The van der Waals surface area contributed by atoms with Gasteiger partial charge in [0.1, 0.15) is 29.4 Å². The van der Waals surface area contributed by atoms with Crippen LogP contribution in [-0.4, -0.2) is 45.8 Å². The molecule has 1 fully saturated rings. The molecule has 0 bridgehead atoms. The van der Waals surface area contributed by atoms with Gasteiger partial charge in [-0.25, -0.2) is 4.79 Å². The minimum absolute atomic E-state index is 0.00803. The quantitative estimate of drug-likeness (QED) is 0.114. The first-order valence-corrected chi connectivity index (χ1v) is 16.0. The van der Waals surface area contributed by atoms with Crippen molar-refractivity contribution in [2.75, 3.05) is 6.54 Å². The van der Waals surface area contributed by atoms with E-state index in [9.17, 15) is 41.0 Å². The molecule has 8 nitrogen and oxygen atoms in total. The largest absolute Gasteiger partial charge is 0.489 e. The molecule has 51 heavy (non-hydrogen) atoms. The molecular formula is C37H35F6N3O5. The number of hydrogen-bond donors (Lipinski definition) is 2. The van der Waals surface area contributed by atoms with E-state index in [2.05, 4.69) is 10.3 Å². The predicted molar refractivity (Wildman–Crippen MR) is 174 cm³/mol. The van der Waals surface area contributed by atoms with Crippen LogP contribution in [0.4, 0.5) is 31.1 Å². The average Bonchev–Trinajstić information content (AvgIpc) is 3.30. The van der Waals surface area contributed by atoms with Gasteiger partial charge < -0.3 is 19.9 Å². The second kappa shape index (κ2) is 14.3. The summed E-state index contributed by atoms with van der Waals surface area (Å²) in [7, 11) is 0. The molecule has 1 aliphatic rings. The number of ether oxygens (including phenoxy) is 2. The Bertz CT molecular complexity index is 1850. The van der Waals surface area contributed by atoms with E-state index in [1.165, 1.54) is 12.3 Å². The van der Waals surface area contributed by atoms with Crippen molar-refractivity contribution in [1.29, 1.82) is 0 Å². The molecule has 2 N–H and O–H groups in total. The number of aromatic nitrogens is 1. The van der Waals surface area contributed by atoms with Crippen molar-refractivity contribution < 1.29 is 50.5 Å². The smallest absolute Gasteiger partial charge is 0.430 e. The summed E-state index contributed by atoms with van der Waals surface area (Å²) in [5.41, 5.74) is -4.51. The van der Waals surface area contributed by atoms with Crippen molar-refractivity contribution in [1.82, 2.24) is 15.2 Å². The fourth-order valence-electron chi connectivity index (χ4n) is 5.66.